The van der Waals surface area contributed by atoms with Crippen molar-refractivity contribution in [3.63, 3.8) is 0 Å². The Hall–Kier alpha value is -1.73. The maximum atomic E-state index is 13.0. The third-order valence-corrected chi connectivity index (χ3v) is 3.29. The molecule has 1 unspecified atom stereocenters. The first-order valence-electron chi connectivity index (χ1n) is 6.26. The van der Waals surface area contributed by atoms with Crippen LogP contribution in [0.2, 0.25) is 5.02 Å². The maximum absolute atomic E-state index is 13.0. The van der Waals surface area contributed by atoms with Crippen molar-refractivity contribution < 1.29 is 18.4 Å². The summed E-state index contributed by atoms with van der Waals surface area (Å²) >= 11 is 5.96. The molecule has 1 fully saturated rings. The van der Waals surface area contributed by atoms with Crippen molar-refractivity contribution in [1.82, 2.24) is 5.32 Å². The standard InChI is InChI=1S/C13H14ClF2N3O2/c1-7(20)18-10-3-2-8(4-9(10)14)19-12(21)11-5-13(15,16)6-17-11/h2-4,11,17H,5-6H2,1H3,(H,18,20)(H,19,21). The molecule has 1 atom stereocenters. The largest absolute Gasteiger partial charge is 0.325 e. The van der Waals surface area contributed by atoms with E-state index in [1.807, 2.05) is 0 Å². The average molecular weight is 318 g/mol. The van der Waals surface area contributed by atoms with Crippen LogP contribution in [-0.2, 0) is 9.59 Å². The highest BCUT2D eigenvalue weighted by Gasteiger charge is 2.42. The normalized spacial score (nSPS) is 20.1. The predicted molar refractivity (Wildman–Crippen MR) is 75.7 cm³/mol. The lowest BCUT2D eigenvalue weighted by Gasteiger charge is -2.12. The average Bonchev–Trinajstić information content (AvgIpc) is 2.73. The topological polar surface area (TPSA) is 70.2 Å². The van der Waals surface area contributed by atoms with Crippen LogP contribution in [0.1, 0.15) is 13.3 Å². The van der Waals surface area contributed by atoms with Crippen molar-refractivity contribution in [2.45, 2.75) is 25.3 Å². The van der Waals surface area contributed by atoms with E-state index in [0.717, 1.165) is 0 Å². The van der Waals surface area contributed by atoms with Crippen molar-refractivity contribution in [3.05, 3.63) is 23.2 Å². The van der Waals surface area contributed by atoms with Gasteiger partial charge >= 0.3 is 0 Å². The monoisotopic (exact) mass is 317 g/mol. The first-order chi connectivity index (χ1) is 9.77. The molecule has 0 saturated carbocycles. The summed E-state index contributed by atoms with van der Waals surface area (Å²) in [5.74, 6) is -3.68. The molecule has 21 heavy (non-hydrogen) atoms. The van der Waals surface area contributed by atoms with Gasteiger partial charge in [-0.25, -0.2) is 8.78 Å². The van der Waals surface area contributed by atoms with E-state index in [1.54, 1.807) is 0 Å². The van der Waals surface area contributed by atoms with Crippen LogP contribution >= 0.6 is 11.6 Å². The molecule has 3 N–H and O–H groups in total. The minimum absolute atomic E-state index is 0.243. The Morgan fingerprint density at radius 3 is 2.62 bits per heavy atom. The van der Waals surface area contributed by atoms with Gasteiger partial charge in [-0.2, -0.15) is 0 Å². The first kappa shape index (κ1) is 15.7. The van der Waals surface area contributed by atoms with Gasteiger partial charge in [0.1, 0.15) is 0 Å². The van der Waals surface area contributed by atoms with E-state index in [9.17, 15) is 18.4 Å². The van der Waals surface area contributed by atoms with Gasteiger partial charge in [-0.3, -0.25) is 14.9 Å². The van der Waals surface area contributed by atoms with Crippen LogP contribution in [-0.4, -0.2) is 30.3 Å². The highest BCUT2D eigenvalue weighted by molar-refractivity contribution is 6.34. The Labute approximate surface area is 125 Å². The number of rotatable bonds is 3. The summed E-state index contributed by atoms with van der Waals surface area (Å²) in [6.45, 7) is 0.839. The molecular weight excluding hydrogens is 304 g/mol. The van der Waals surface area contributed by atoms with Crippen molar-refractivity contribution in [2.24, 2.45) is 0 Å². The van der Waals surface area contributed by atoms with Gasteiger partial charge in [0.15, 0.2) is 0 Å². The summed E-state index contributed by atoms with van der Waals surface area (Å²) in [5.41, 5.74) is 0.781. The van der Waals surface area contributed by atoms with Crippen LogP contribution in [0.3, 0.4) is 0 Å². The van der Waals surface area contributed by atoms with E-state index in [1.165, 1.54) is 25.1 Å². The molecule has 5 nitrogen and oxygen atoms in total. The highest BCUT2D eigenvalue weighted by atomic mass is 35.5. The molecular formula is C13H14ClF2N3O2. The lowest BCUT2D eigenvalue weighted by Crippen LogP contribution is -2.35. The number of halogens is 3. The fraction of sp³-hybridized carbons (Fsp3) is 0.385. The molecule has 1 aliphatic heterocycles. The van der Waals surface area contributed by atoms with Crippen molar-refractivity contribution in [3.8, 4) is 0 Å². The Morgan fingerprint density at radius 2 is 2.10 bits per heavy atom. The van der Waals surface area contributed by atoms with Gasteiger partial charge in [0.05, 0.1) is 23.3 Å². The fourth-order valence-electron chi connectivity index (χ4n) is 2.01. The fourth-order valence-corrected chi connectivity index (χ4v) is 2.24. The molecule has 0 bridgehead atoms. The molecule has 0 spiro atoms. The lowest BCUT2D eigenvalue weighted by atomic mass is 10.1. The summed E-state index contributed by atoms with van der Waals surface area (Å²) in [6.07, 6.45) is -0.531. The zero-order chi connectivity index (χ0) is 15.6. The van der Waals surface area contributed by atoms with Gasteiger partial charge in [0, 0.05) is 19.0 Å². The van der Waals surface area contributed by atoms with E-state index >= 15 is 0 Å². The van der Waals surface area contributed by atoms with Crippen molar-refractivity contribution in [1.29, 1.82) is 0 Å². The summed E-state index contributed by atoms with van der Waals surface area (Å²) < 4.78 is 26.1. The van der Waals surface area contributed by atoms with Gasteiger partial charge in [0.2, 0.25) is 11.8 Å². The minimum Gasteiger partial charge on any atom is -0.325 e. The highest BCUT2D eigenvalue weighted by Crippen LogP contribution is 2.28. The maximum Gasteiger partial charge on any atom is 0.262 e. The quantitative estimate of drug-likeness (QED) is 0.800. The van der Waals surface area contributed by atoms with E-state index in [-0.39, 0.29) is 10.9 Å². The Balaban J connectivity index is 2.02. The molecule has 8 heteroatoms. The molecule has 2 rings (SSSR count). The molecule has 1 saturated heterocycles. The van der Waals surface area contributed by atoms with E-state index < -0.39 is 30.8 Å². The zero-order valence-corrected chi connectivity index (χ0v) is 11.9. The molecule has 1 aromatic rings. The number of anilines is 2. The second-order valence-electron chi connectivity index (χ2n) is 4.86. The van der Waals surface area contributed by atoms with Crippen LogP contribution in [0.5, 0.6) is 0 Å². The molecule has 0 aromatic heterocycles. The smallest absolute Gasteiger partial charge is 0.262 e. The number of benzene rings is 1. The van der Waals surface area contributed by atoms with Crippen molar-refractivity contribution in [2.75, 3.05) is 17.2 Å². The molecule has 1 aliphatic rings. The van der Waals surface area contributed by atoms with Crippen molar-refractivity contribution >= 4 is 34.8 Å². The van der Waals surface area contributed by atoms with Gasteiger partial charge in [-0.1, -0.05) is 11.6 Å². The summed E-state index contributed by atoms with van der Waals surface area (Å²) in [4.78, 5) is 22.8. The number of hydrogen-bond donors (Lipinski definition) is 3. The van der Waals surface area contributed by atoms with Gasteiger partial charge in [-0.05, 0) is 18.2 Å². The Bertz CT molecular complexity index is 581. The number of carbonyl (C=O) groups excluding carboxylic acids is 2. The SMILES string of the molecule is CC(=O)Nc1ccc(NC(=O)C2CC(F)(F)CN2)cc1Cl. The Morgan fingerprint density at radius 1 is 1.38 bits per heavy atom. The number of nitrogens with one attached hydrogen (secondary N) is 3. The number of hydrogen-bond acceptors (Lipinski definition) is 3. The third-order valence-electron chi connectivity index (χ3n) is 2.97. The molecule has 0 aliphatic carbocycles. The number of carbonyl (C=O) groups is 2. The summed E-state index contributed by atoms with van der Waals surface area (Å²) in [7, 11) is 0. The summed E-state index contributed by atoms with van der Waals surface area (Å²) in [6, 6.07) is 3.56. The first-order valence-corrected chi connectivity index (χ1v) is 6.64. The van der Waals surface area contributed by atoms with E-state index in [4.69, 9.17) is 11.6 Å². The number of alkyl halides is 2. The van der Waals surface area contributed by atoms with Crippen LogP contribution in [0, 0.1) is 0 Å². The molecule has 2 amide bonds. The van der Waals surface area contributed by atoms with Crippen LogP contribution < -0.4 is 16.0 Å². The van der Waals surface area contributed by atoms with Crippen LogP contribution in [0.4, 0.5) is 20.2 Å². The molecule has 0 radical (unpaired) electrons. The number of amides is 2. The molecule has 1 aromatic carbocycles. The van der Waals surface area contributed by atoms with Crippen LogP contribution in [0.25, 0.3) is 0 Å². The third kappa shape index (κ3) is 4.12. The summed E-state index contributed by atoms with van der Waals surface area (Å²) in [5, 5.41) is 7.75. The van der Waals surface area contributed by atoms with Gasteiger partial charge < -0.3 is 10.6 Å². The zero-order valence-electron chi connectivity index (χ0n) is 11.2. The minimum atomic E-state index is -2.87. The molecule has 114 valence electrons. The molecule has 1 heterocycles. The Kier molecular flexibility index (Phi) is 4.43. The lowest BCUT2D eigenvalue weighted by molar-refractivity contribution is -0.118. The predicted octanol–water partition coefficient (Wildman–Crippen LogP) is 2.23. The van der Waals surface area contributed by atoms with E-state index in [0.29, 0.717) is 11.4 Å². The second kappa shape index (κ2) is 5.95. The van der Waals surface area contributed by atoms with E-state index in [2.05, 4.69) is 16.0 Å². The van der Waals surface area contributed by atoms with Gasteiger partial charge in [-0.15, -0.1) is 0 Å². The van der Waals surface area contributed by atoms with Gasteiger partial charge in [0.25, 0.3) is 5.92 Å². The second-order valence-corrected chi connectivity index (χ2v) is 5.27. The van der Waals surface area contributed by atoms with Crippen LogP contribution in [0.15, 0.2) is 18.2 Å².